The van der Waals surface area contributed by atoms with Gasteiger partial charge in [0.1, 0.15) is 20.2 Å². The maximum Gasteiger partial charge on any atom is 1.00 e. The van der Waals surface area contributed by atoms with Crippen LogP contribution >= 0.6 is 0 Å². The van der Waals surface area contributed by atoms with E-state index in [1.54, 1.807) is 24.3 Å². The average molecular weight is 681 g/mol. The Bertz CT molecular complexity index is 1830. The van der Waals surface area contributed by atoms with Crippen LogP contribution in [0, 0.1) is 0 Å². The second kappa shape index (κ2) is 16.6. The third kappa shape index (κ3) is 10.5. The van der Waals surface area contributed by atoms with E-state index in [9.17, 15) is 25.9 Å². The Morgan fingerprint density at radius 3 is 1.61 bits per heavy atom. The van der Waals surface area contributed by atoms with Crippen LogP contribution in [0.2, 0.25) is 0 Å². The summed E-state index contributed by atoms with van der Waals surface area (Å²) in [6.07, 6.45) is 4.80. The molecule has 3 aromatic carbocycles. The Morgan fingerprint density at radius 2 is 1.17 bits per heavy atom. The quantitative estimate of drug-likeness (QED) is 0.161. The van der Waals surface area contributed by atoms with Gasteiger partial charge >= 0.3 is 59.1 Å². The number of allylic oxidation sites excluding steroid dienone is 3. The molecule has 12 nitrogen and oxygen atoms in total. The molecule has 0 amide bonds. The summed E-state index contributed by atoms with van der Waals surface area (Å²) in [4.78, 5) is 2.79. The normalized spacial score (nSPS) is 16.9. The smallest absolute Gasteiger partial charge is 0.744 e. The largest absolute Gasteiger partial charge is 1.00 e. The number of anilines is 2. The summed E-state index contributed by atoms with van der Waals surface area (Å²) >= 11 is 0. The Hall–Kier alpha value is -2.50. The summed E-state index contributed by atoms with van der Waals surface area (Å²) in [5, 5.41) is 17.3. The summed E-state index contributed by atoms with van der Waals surface area (Å²) in [6.45, 7) is 0. The van der Waals surface area contributed by atoms with Crippen LogP contribution in [0.4, 0.5) is 22.7 Å². The van der Waals surface area contributed by atoms with Crippen LogP contribution in [0.3, 0.4) is 0 Å². The van der Waals surface area contributed by atoms with E-state index >= 15 is 0 Å². The minimum absolute atomic E-state index is 0. The molecule has 1 aliphatic rings. The maximum atomic E-state index is 12.5. The fourth-order valence-corrected chi connectivity index (χ4v) is 5.69. The predicted octanol–water partition coefficient (Wildman–Crippen LogP) is -0.233. The van der Waals surface area contributed by atoms with E-state index in [1.807, 2.05) is 62.3 Å². The molecular formula is C30H30N6Na2O6S2. The van der Waals surface area contributed by atoms with Gasteiger partial charge in [-0.1, -0.05) is 36.4 Å². The number of azo groups is 2. The van der Waals surface area contributed by atoms with Gasteiger partial charge in [0.2, 0.25) is 5.66 Å². The summed E-state index contributed by atoms with van der Waals surface area (Å²) in [6, 6.07) is 19.7. The molecule has 0 spiro atoms. The van der Waals surface area contributed by atoms with Crippen molar-refractivity contribution in [3.63, 3.8) is 0 Å². The molecule has 0 N–H and O–H groups in total. The van der Waals surface area contributed by atoms with Crippen molar-refractivity contribution < 1.29 is 85.1 Å². The van der Waals surface area contributed by atoms with Gasteiger partial charge in [-0.15, -0.1) is 0 Å². The number of nitrogens with zero attached hydrogens (tertiary/aromatic N) is 6. The fraction of sp³-hybridized carbons (Fsp3) is 0.200. The molecule has 0 bridgehead atoms. The molecule has 0 atom stereocenters. The third-order valence-electron chi connectivity index (χ3n) is 6.61. The molecule has 46 heavy (non-hydrogen) atoms. The van der Waals surface area contributed by atoms with Crippen LogP contribution < -0.4 is 68.9 Å². The summed E-state index contributed by atoms with van der Waals surface area (Å²) in [5.74, 6) is 0. The minimum atomic E-state index is -5.05. The summed E-state index contributed by atoms with van der Waals surface area (Å²) in [5.41, 5.74) is 1.11. The second-order valence-corrected chi connectivity index (χ2v) is 13.0. The van der Waals surface area contributed by atoms with Gasteiger partial charge in [0.05, 0.1) is 16.3 Å². The Balaban J connectivity index is 0.00000368. The Labute approximate surface area is 313 Å². The SMILES string of the molecule is CN(C)c1ccc(N=NC2(N=Nc3ccc(N(C)C)cc3)C=CC(C=Cc3ccccc3S(=O)(=O)[O-])=C(S(=O)(=O)[O-])C2)cc1.[Na+].[Na+]. The maximum absolute atomic E-state index is 12.5. The van der Waals surface area contributed by atoms with Crippen molar-refractivity contribution in [2.75, 3.05) is 38.0 Å². The zero-order valence-electron chi connectivity index (χ0n) is 26.4. The molecule has 0 radical (unpaired) electrons. The van der Waals surface area contributed by atoms with E-state index in [0.29, 0.717) is 11.4 Å². The molecule has 3 aromatic rings. The standard InChI is InChI=1S/C30H32N6O6S2.2Na/c1-35(2)26-15-11-24(12-16-26)31-33-30(34-32-25-13-17-27(18-14-25)36(3)4)20-19-23(29(21-30)44(40,41)42)10-9-22-7-5-6-8-28(22)43(37,38)39;;/h5-20H,21H2,1-4H3,(H,37,38,39)(H,40,41,42);;/q;2*+1/p-2. The molecule has 0 saturated carbocycles. The van der Waals surface area contributed by atoms with Gasteiger partial charge < -0.3 is 18.9 Å². The first kappa shape index (κ1) is 39.7. The first-order valence-electron chi connectivity index (χ1n) is 13.2. The first-order chi connectivity index (χ1) is 20.7. The van der Waals surface area contributed by atoms with E-state index in [4.69, 9.17) is 0 Å². The molecule has 0 fully saturated rings. The van der Waals surface area contributed by atoms with E-state index in [1.165, 1.54) is 42.5 Å². The Morgan fingerprint density at radius 1 is 0.696 bits per heavy atom. The van der Waals surface area contributed by atoms with E-state index in [-0.39, 0.29) is 70.3 Å². The number of hydrogen-bond donors (Lipinski definition) is 0. The van der Waals surface area contributed by atoms with Gasteiger partial charge in [-0.25, -0.2) is 16.8 Å². The molecule has 0 saturated heterocycles. The molecule has 4 rings (SSSR count). The van der Waals surface area contributed by atoms with Crippen LogP contribution in [-0.2, 0) is 20.2 Å². The predicted molar refractivity (Wildman–Crippen MR) is 167 cm³/mol. The van der Waals surface area contributed by atoms with Crippen LogP contribution in [0.25, 0.3) is 6.08 Å². The Kier molecular flexibility index (Phi) is 14.3. The van der Waals surface area contributed by atoms with Crippen LogP contribution in [0.5, 0.6) is 0 Å². The third-order valence-corrected chi connectivity index (χ3v) is 8.51. The minimum Gasteiger partial charge on any atom is -0.744 e. The molecule has 16 heteroatoms. The second-order valence-electron chi connectivity index (χ2n) is 10.3. The monoisotopic (exact) mass is 680 g/mol. The van der Waals surface area contributed by atoms with Gasteiger partial charge in [-0.2, -0.15) is 20.5 Å². The van der Waals surface area contributed by atoms with E-state index in [0.717, 1.165) is 17.4 Å². The van der Waals surface area contributed by atoms with Crippen molar-refractivity contribution >= 4 is 49.1 Å². The van der Waals surface area contributed by atoms with Gasteiger partial charge in [-0.05, 0) is 71.8 Å². The average Bonchev–Trinajstić information content (AvgIpc) is 2.98. The van der Waals surface area contributed by atoms with E-state index < -0.39 is 42.1 Å². The summed E-state index contributed by atoms with van der Waals surface area (Å²) in [7, 11) is -2.28. The number of hydrogen-bond acceptors (Lipinski definition) is 12. The molecule has 230 valence electrons. The first-order valence-corrected chi connectivity index (χ1v) is 16.0. The zero-order chi connectivity index (χ0) is 32.1. The van der Waals surface area contributed by atoms with Crippen molar-refractivity contribution in [1.29, 1.82) is 0 Å². The van der Waals surface area contributed by atoms with Gasteiger partial charge in [0, 0.05) is 50.9 Å². The topological polar surface area (TPSA) is 170 Å². The van der Waals surface area contributed by atoms with Crippen molar-refractivity contribution in [3.8, 4) is 0 Å². The number of benzene rings is 3. The van der Waals surface area contributed by atoms with Crippen LogP contribution in [-0.4, -0.2) is 59.8 Å². The molecule has 1 aliphatic carbocycles. The van der Waals surface area contributed by atoms with Crippen molar-refractivity contribution in [3.05, 3.63) is 107 Å². The molecular weight excluding hydrogens is 650 g/mol. The molecule has 0 unspecified atom stereocenters. The van der Waals surface area contributed by atoms with Crippen molar-refractivity contribution in [2.24, 2.45) is 20.5 Å². The van der Waals surface area contributed by atoms with Gasteiger partial charge in [-0.3, -0.25) is 0 Å². The van der Waals surface area contributed by atoms with E-state index in [2.05, 4.69) is 20.5 Å². The van der Waals surface area contributed by atoms with Crippen molar-refractivity contribution in [1.82, 2.24) is 0 Å². The molecule has 0 heterocycles. The molecule has 0 aromatic heterocycles. The van der Waals surface area contributed by atoms with Crippen molar-refractivity contribution in [2.45, 2.75) is 17.0 Å². The zero-order valence-corrected chi connectivity index (χ0v) is 32.0. The van der Waals surface area contributed by atoms with Gasteiger partial charge in [0.25, 0.3) is 0 Å². The summed E-state index contributed by atoms with van der Waals surface area (Å²) < 4.78 is 72.5. The molecule has 0 aliphatic heterocycles. The van der Waals surface area contributed by atoms with Crippen LogP contribution in [0.15, 0.2) is 127 Å². The number of rotatable bonds is 10. The fourth-order valence-electron chi connectivity index (χ4n) is 4.20. The van der Waals surface area contributed by atoms with Crippen LogP contribution in [0.1, 0.15) is 12.0 Å². The van der Waals surface area contributed by atoms with Gasteiger partial charge in [0.15, 0.2) is 0 Å².